The maximum absolute atomic E-state index is 10.4. The van der Waals surface area contributed by atoms with Crippen molar-refractivity contribution in [1.29, 1.82) is 0 Å². The van der Waals surface area contributed by atoms with E-state index in [1.165, 1.54) is 0 Å². The average Bonchev–Trinajstić information content (AvgIpc) is 2.06. The highest BCUT2D eigenvalue weighted by Crippen LogP contribution is 1.99. The molecule has 1 N–H and O–H groups in total. The van der Waals surface area contributed by atoms with E-state index >= 15 is 0 Å². The highest BCUT2D eigenvalue weighted by Gasteiger charge is 2.09. The summed E-state index contributed by atoms with van der Waals surface area (Å²) in [6, 6.07) is 5.32. The summed E-state index contributed by atoms with van der Waals surface area (Å²) in [4.78, 5) is 0. The lowest BCUT2D eigenvalue weighted by atomic mass is 10.4. The van der Waals surface area contributed by atoms with Crippen molar-refractivity contribution in [2.75, 3.05) is 5.75 Å². The van der Waals surface area contributed by atoms with E-state index in [1.54, 1.807) is 29.0 Å². The molecule has 0 aliphatic rings. The van der Waals surface area contributed by atoms with Crippen molar-refractivity contribution in [2.24, 2.45) is 0 Å². The van der Waals surface area contributed by atoms with E-state index in [1.807, 2.05) is 0 Å². The molecular formula is C8H11ClNO3S+. The van der Waals surface area contributed by atoms with Gasteiger partial charge >= 0.3 is 0 Å². The SMILES string of the molecule is O=S(=O)(O)CCC[n+]1ccccc1Cl. The molecule has 0 spiro atoms. The maximum atomic E-state index is 10.4. The van der Waals surface area contributed by atoms with Crippen molar-refractivity contribution in [2.45, 2.75) is 13.0 Å². The van der Waals surface area contributed by atoms with E-state index in [9.17, 15) is 8.42 Å². The van der Waals surface area contributed by atoms with Gasteiger partial charge in [0.2, 0.25) is 0 Å². The zero-order valence-electron chi connectivity index (χ0n) is 7.43. The third kappa shape index (κ3) is 4.04. The van der Waals surface area contributed by atoms with E-state index in [4.69, 9.17) is 16.2 Å². The van der Waals surface area contributed by atoms with Crippen molar-refractivity contribution < 1.29 is 17.5 Å². The zero-order valence-corrected chi connectivity index (χ0v) is 9.00. The minimum Gasteiger partial charge on any atom is -0.286 e. The first-order chi connectivity index (χ1) is 6.49. The van der Waals surface area contributed by atoms with E-state index in [0.29, 0.717) is 18.1 Å². The second-order valence-corrected chi connectivity index (χ2v) is 4.82. The zero-order chi connectivity index (χ0) is 10.6. The Bertz CT molecular complexity index is 405. The summed E-state index contributed by atoms with van der Waals surface area (Å²) in [5, 5.41) is 0.544. The number of halogens is 1. The van der Waals surface area contributed by atoms with Gasteiger partial charge in [-0.1, -0.05) is 0 Å². The molecule has 4 nitrogen and oxygen atoms in total. The van der Waals surface area contributed by atoms with Gasteiger partial charge in [-0.25, -0.2) is 0 Å². The van der Waals surface area contributed by atoms with Gasteiger partial charge in [-0.3, -0.25) is 4.55 Å². The molecule has 1 heterocycles. The Labute approximate surface area is 87.9 Å². The molecule has 1 aromatic heterocycles. The molecule has 0 aliphatic heterocycles. The number of aromatic nitrogens is 1. The Kier molecular flexibility index (Phi) is 3.86. The molecule has 0 saturated carbocycles. The van der Waals surface area contributed by atoms with E-state index in [2.05, 4.69) is 0 Å². The monoisotopic (exact) mass is 236 g/mol. The lowest BCUT2D eigenvalue weighted by molar-refractivity contribution is -0.694. The fraction of sp³-hybridized carbons (Fsp3) is 0.375. The summed E-state index contributed by atoms with van der Waals surface area (Å²) in [5.74, 6) is -0.245. The first-order valence-electron chi connectivity index (χ1n) is 4.08. The van der Waals surface area contributed by atoms with Crippen LogP contribution >= 0.6 is 11.6 Å². The van der Waals surface area contributed by atoms with Crippen LogP contribution in [0.4, 0.5) is 0 Å². The lowest BCUT2D eigenvalue weighted by Gasteiger charge is -1.97. The number of nitrogens with zero attached hydrogens (tertiary/aromatic N) is 1. The van der Waals surface area contributed by atoms with Gasteiger partial charge in [0.05, 0.1) is 5.75 Å². The third-order valence-electron chi connectivity index (χ3n) is 1.69. The first-order valence-corrected chi connectivity index (χ1v) is 6.07. The number of pyridine rings is 1. The van der Waals surface area contributed by atoms with Gasteiger partial charge in [0.1, 0.15) is 0 Å². The van der Waals surface area contributed by atoms with Gasteiger partial charge in [-0.2, -0.15) is 13.0 Å². The number of aryl methyl sites for hydroxylation is 1. The Morgan fingerprint density at radius 2 is 2.14 bits per heavy atom. The Hall–Kier alpha value is -0.650. The van der Waals surface area contributed by atoms with Crippen molar-refractivity contribution >= 4 is 21.7 Å². The summed E-state index contributed by atoms with van der Waals surface area (Å²) in [6.07, 6.45) is 2.10. The molecule has 78 valence electrons. The standard InChI is InChI=1S/C8H10ClNO3S/c9-8-4-1-2-5-10(8)6-3-7-14(11,12)13/h1-2,4-5H,3,6-7H2/p+1. The van der Waals surface area contributed by atoms with Gasteiger partial charge in [0, 0.05) is 18.6 Å². The highest BCUT2D eigenvalue weighted by molar-refractivity contribution is 7.85. The van der Waals surface area contributed by atoms with Gasteiger partial charge in [0.25, 0.3) is 15.3 Å². The van der Waals surface area contributed by atoms with Crippen LogP contribution in [0, 0.1) is 0 Å². The maximum Gasteiger partial charge on any atom is 0.274 e. The molecule has 1 aromatic rings. The van der Waals surface area contributed by atoms with Crippen LogP contribution in [0.2, 0.25) is 5.15 Å². The predicted molar refractivity (Wildman–Crippen MR) is 52.7 cm³/mol. The molecule has 14 heavy (non-hydrogen) atoms. The van der Waals surface area contributed by atoms with Crippen molar-refractivity contribution in [3.05, 3.63) is 29.5 Å². The molecule has 6 heteroatoms. The van der Waals surface area contributed by atoms with Crippen LogP contribution in [0.15, 0.2) is 24.4 Å². The van der Waals surface area contributed by atoms with Gasteiger partial charge in [0.15, 0.2) is 12.7 Å². The number of hydrogen-bond donors (Lipinski definition) is 1. The summed E-state index contributed by atoms with van der Waals surface area (Å²) < 4.78 is 31.0. The van der Waals surface area contributed by atoms with Crippen LogP contribution in [0.25, 0.3) is 0 Å². The largest absolute Gasteiger partial charge is 0.286 e. The van der Waals surface area contributed by atoms with Gasteiger partial charge in [-0.05, 0) is 17.7 Å². The van der Waals surface area contributed by atoms with Crippen LogP contribution in [-0.4, -0.2) is 18.7 Å². The second-order valence-electron chi connectivity index (χ2n) is 2.86. The molecule has 1 rings (SSSR count). The van der Waals surface area contributed by atoms with Crippen LogP contribution in [0.3, 0.4) is 0 Å². The normalized spacial score (nSPS) is 11.6. The fourth-order valence-corrected chi connectivity index (χ4v) is 1.76. The van der Waals surface area contributed by atoms with Crippen LogP contribution in [-0.2, 0) is 16.7 Å². The topological polar surface area (TPSA) is 58.3 Å². The van der Waals surface area contributed by atoms with Gasteiger partial charge in [-0.15, -0.1) is 0 Å². The summed E-state index contributed by atoms with van der Waals surface area (Å²) in [5.41, 5.74) is 0. The Morgan fingerprint density at radius 3 is 2.71 bits per heavy atom. The molecular weight excluding hydrogens is 226 g/mol. The lowest BCUT2D eigenvalue weighted by Crippen LogP contribution is -2.35. The first kappa shape index (κ1) is 11.4. The summed E-state index contributed by atoms with van der Waals surface area (Å²) >= 11 is 5.83. The van der Waals surface area contributed by atoms with Crippen LogP contribution in [0.5, 0.6) is 0 Å². The number of hydrogen-bond acceptors (Lipinski definition) is 2. The molecule has 0 saturated heterocycles. The molecule has 0 radical (unpaired) electrons. The Morgan fingerprint density at radius 1 is 1.43 bits per heavy atom. The molecule has 0 aliphatic carbocycles. The molecule has 0 fully saturated rings. The van der Waals surface area contributed by atoms with Crippen LogP contribution < -0.4 is 4.57 Å². The van der Waals surface area contributed by atoms with Crippen molar-refractivity contribution in [1.82, 2.24) is 0 Å². The third-order valence-corrected chi connectivity index (χ3v) is 2.83. The molecule has 0 atom stereocenters. The molecule has 0 bridgehead atoms. The molecule has 0 amide bonds. The fourth-order valence-electron chi connectivity index (χ4n) is 1.05. The smallest absolute Gasteiger partial charge is 0.274 e. The van der Waals surface area contributed by atoms with E-state index in [-0.39, 0.29) is 5.75 Å². The minimum absolute atomic E-state index is 0.245. The number of rotatable bonds is 4. The summed E-state index contributed by atoms with van der Waals surface area (Å²) in [6.45, 7) is 0.472. The van der Waals surface area contributed by atoms with Crippen LogP contribution in [0.1, 0.15) is 6.42 Å². The van der Waals surface area contributed by atoms with E-state index in [0.717, 1.165) is 0 Å². The Balaban J connectivity index is 2.51. The summed E-state index contributed by atoms with van der Waals surface area (Å²) in [7, 11) is -3.86. The molecule has 0 unspecified atom stereocenters. The molecule has 0 aromatic carbocycles. The van der Waals surface area contributed by atoms with E-state index < -0.39 is 10.1 Å². The van der Waals surface area contributed by atoms with Crippen molar-refractivity contribution in [3.63, 3.8) is 0 Å². The second kappa shape index (κ2) is 4.72. The highest BCUT2D eigenvalue weighted by atomic mass is 35.5. The quantitative estimate of drug-likeness (QED) is 0.480. The average molecular weight is 237 g/mol. The van der Waals surface area contributed by atoms with Crippen molar-refractivity contribution in [3.8, 4) is 0 Å². The van der Waals surface area contributed by atoms with Gasteiger partial charge < -0.3 is 0 Å². The predicted octanol–water partition coefficient (Wildman–Crippen LogP) is 0.905. The minimum atomic E-state index is -3.86.